The molecule has 0 radical (unpaired) electrons. The van der Waals surface area contributed by atoms with Crippen molar-refractivity contribution in [2.24, 2.45) is 4.99 Å². The number of aliphatic hydroxyl groups is 1. The number of aliphatic imine (C=N–C) groups is 1. The highest BCUT2D eigenvalue weighted by atomic mass is 16.3. The van der Waals surface area contributed by atoms with Crippen LogP contribution in [0.4, 0.5) is 0 Å². The highest BCUT2D eigenvalue weighted by molar-refractivity contribution is 5.79. The zero-order chi connectivity index (χ0) is 14.4. The molecule has 0 bridgehead atoms. The van der Waals surface area contributed by atoms with Crippen LogP contribution in [0.3, 0.4) is 0 Å². The fourth-order valence-corrected chi connectivity index (χ4v) is 2.56. The van der Waals surface area contributed by atoms with Crippen LogP contribution in [0.1, 0.15) is 31.2 Å². The van der Waals surface area contributed by atoms with Crippen LogP contribution in [0, 0.1) is 0 Å². The van der Waals surface area contributed by atoms with E-state index in [0.29, 0.717) is 13.1 Å². The average molecular weight is 275 g/mol. The molecular formula is C16H25N3O. The number of benzene rings is 1. The van der Waals surface area contributed by atoms with Gasteiger partial charge in [0, 0.05) is 20.6 Å². The Balaban J connectivity index is 1.93. The third-order valence-electron chi connectivity index (χ3n) is 3.79. The van der Waals surface area contributed by atoms with E-state index in [9.17, 15) is 5.11 Å². The van der Waals surface area contributed by atoms with Gasteiger partial charge in [-0.3, -0.25) is 0 Å². The lowest BCUT2D eigenvalue weighted by Crippen LogP contribution is -2.45. The Morgan fingerprint density at radius 2 is 1.90 bits per heavy atom. The first-order valence-corrected chi connectivity index (χ1v) is 7.31. The maximum absolute atomic E-state index is 10.4. The van der Waals surface area contributed by atoms with Gasteiger partial charge < -0.3 is 15.3 Å². The van der Waals surface area contributed by atoms with Gasteiger partial charge in [0.05, 0.1) is 12.1 Å². The molecule has 0 spiro atoms. The van der Waals surface area contributed by atoms with E-state index in [1.165, 1.54) is 5.56 Å². The lowest BCUT2D eigenvalue weighted by Gasteiger charge is -2.26. The summed E-state index contributed by atoms with van der Waals surface area (Å²) >= 11 is 0. The summed E-state index contributed by atoms with van der Waals surface area (Å²) in [5.41, 5.74) is 0.636. The van der Waals surface area contributed by atoms with Gasteiger partial charge >= 0.3 is 0 Å². The Kier molecular flexibility index (Phi) is 5.01. The maximum atomic E-state index is 10.4. The fraction of sp³-hybridized carbons (Fsp3) is 0.562. The molecule has 4 heteroatoms. The summed E-state index contributed by atoms with van der Waals surface area (Å²) in [5, 5.41) is 13.7. The fourth-order valence-electron chi connectivity index (χ4n) is 2.56. The van der Waals surface area contributed by atoms with Crippen LogP contribution in [0.25, 0.3) is 0 Å². The Morgan fingerprint density at radius 3 is 2.50 bits per heavy atom. The second-order valence-corrected chi connectivity index (χ2v) is 5.80. The summed E-state index contributed by atoms with van der Waals surface area (Å²) in [5.74, 6) is 0.828. The zero-order valence-electron chi connectivity index (χ0n) is 12.5. The monoisotopic (exact) mass is 275 g/mol. The van der Waals surface area contributed by atoms with Crippen molar-refractivity contribution in [3.8, 4) is 0 Å². The summed E-state index contributed by atoms with van der Waals surface area (Å²) in [6, 6.07) is 10.2. The summed E-state index contributed by atoms with van der Waals surface area (Å²) < 4.78 is 0. The lowest BCUT2D eigenvalue weighted by molar-refractivity contribution is 0.0517. The topological polar surface area (TPSA) is 47.9 Å². The zero-order valence-corrected chi connectivity index (χ0v) is 12.5. The molecule has 0 saturated heterocycles. The molecular weight excluding hydrogens is 250 g/mol. The number of hydrogen-bond acceptors (Lipinski definition) is 2. The van der Waals surface area contributed by atoms with Crippen LogP contribution in [0.15, 0.2) is 35.3 Å². The van der Waals surface area contributed by atoms with Crippen molar-refractivity contribution in [2.75, 3.05) is 20.6 Å². The Morgan fingerprint density at radius 1 is 1.25 bits per heavy atom. The van der Waals surface area contributed by atoms with E-state index < -0.39 is 5.60 Å². The molecule has 1 fully saturated rings. The number of hydrogen-bond donors (Lipinski definition) is 2. The van der Waals surface area contributed by atoms with Crippen LogP contribution >= 0.6 is 0 Å². The summed E-state index contributed by atoms with van der Waals surface area (Å²) in [4.78, 5) is 6.57. The third kappa shape index (κ3) is 4.23. The van der Waals surface area contributed by atoms with Crippen molar-refractivity contribution in [1.82, 2.24) is 10.2 Å². The normalized spacial score (nSPS) is 18.1. The van der Waals surface area contributed by atoms with Crippen LogP contribution in [-0.4, -0.2) is 42.2 Å². The Labute approximate surface area is 121 Å². The van der Waals surface area contributed by atoms with E-state index in [0.717, 1.165) is 31.6 Å². The van der Waals surface area contributed by atoms with E-state index >= 15 is 0 Å². The molecule has 1 aliphatic rings. The predicted octanol–water partition coefficient (Wildman–Crippen LogP) is 2.00. The van der Waals surface area contributed by atoms with Gasteiger partial charge in [-0.15, -0.1) is 0 Å². The minimum Gasteiger partial charge on any atom is -0.388 e. The lowest BCUT2D eigenvalue weighted by atomic mass is 10.0. The predicted molar refractivity (Wildman–Crippen MR) is 82.7 cm³/mol. The number of nitrogens with zero attached hydrogens (tertiary/aromatic N) is 2. The van der Waals surface area contributed by atoms with E-state index in [1.54, 1.807) is 0 Å². The van der Waals surface area contributed by atoms with Crippen molar-refractivity contribution in [1.29, 1.82) is 0 Å². The molecule has 4 nitrogen and oxygen atoms in total. The second-order valence-electron chi connectivity index (χ2n) is 5.80. The molecule has 2 rings (SSSR count). The van der Waals surface area contributed by atoms with Gasteiger partial charge in [-0.2, -0.15) is 0 Å². The van der Waals surface area contributed by atoms with Crippen molar-refractivity contribution in [2.45, 2.75) is 37.8 Å². The van der Waals surface area contributed by atoms with E-state index in [4.69, 9.17) is 0 Å². The molecule has 0 atom stereocenters. The van der Waals surface area contributed by atoms with Crippen molar-refractivity contribution in [3.05, 3.63) is 35.9 Å². The van der Waals surface area contributed by atoms with Gasteiger partial charge in [-0.05, 0) is 18.4 Å². The maximum Gasteiger partial charge on any atom is 0.193 e. The third-order valence-corrected chi connectivity index (χ3v) is 3.79. The van der Waals surface area contributed by atoms with Crippen LogP contribution in [0.2, 0.25) is 0 Å². The van der Waals surface area contributed by atoms with Gasteiger partial charge in [0.2, 0.25) is 0 Å². The Hall–Kier alpha value is -1.55. The van der Waals surface area contributed by atoms with E-state index in [-0.39, 0.29) is 0 Å². The SMILES string of the molecule is CN(C)C(=NCc1ccccc1)NCC1(O)CCCC1. The summed E-state index contributed by atoms with van der Waals surface area (Å²) in [6.07, 6.45) is 4.02. The average Bonchev–Trinajstić information content (AvgIpc) is 2.86. The van der Waals surface area contributed by atoms with E-state index in [1.807, 2.05) is 37.2 Å². The highest BCUT2D eigenvalue weighted by Crippen LogP contribution is 2.28. The van der Waals surface area contributed by atoms with Gasteiger partial charge in [-0.25, -0.2) is 4.99 Å². The molecule has 110 valence electrons. The minimum atomic E-state index is -0.552. The smallest absolute Gasteiger partial charge is 0.193 e. The molecule has 2 N–H and O–H groups in total. The largest absolute Gasteiger partial charge is 0.388 e. The molecule has 1 aromatic rings. The van der Waals surface area contributed by atoms with Gasteiger partial charge in [0.1, 0.15) is 0 Å². The van der Waals surface area contributed by atoms with Crippen molar-refractivity contribution in [3.63, 3.8) is 0 Å². The summed E-state index contributed by atoms with van der Waals surface area (Å²) in [7, 11) is 3.94. The van der Waals surface area contributed by atoms with Crippen LogP contribution in [-0.2, 0) is 6.54 Å². The molecule has 0 aromatic heterocycles. The quantitative estimate of drug-likeness (QED) is 0.652. The first-order valence-electron chi connectivity index (χ1n) is 7.31. The molecule has 20 heavy (non-hydrogen) atoms. The number of guanidine groups is 1. The molecule has 1 aliphatic carbocycles. The Bertz CT molecular complexity index is 436. The van der Waals surface area contributed by atoms with Crippen LogP contribution < -0.4 is 5.32 Å². The summed E-state index contributed by atoms with van der Waals surface area (Å²) in [6.45, 7) is 1.23. The van der Waals surface area contributed by atoms with Gasteiger partial charge in [0.15, 0.2) is 5.96 Å². The van der Waals surface area contributed by atoms with Crippen molar-refractivity contribution < 1.29 is 5.11 Å². The molecule has 0 amide bonds. The first-order chi connectivity index (χ1) is 9.59. The number of nitrogens with one attached hydrogen (secondary N) is 1. The molecule has 1 saturated carbocycles. The van der Waals surface area contributed by atoms with Gasteiger partial charge in [0.25, 0.3) is 0 Å². The molecule has 1 aromatic carbocycles. The minimum absolute atomic E-state index is 0.552. The number of rotatable bonds is 4. The van der Waals surface area contributed by atoms with Gasteiger partial charge in [-0.1, -0.05) is 43.2 Å². The molecule has 0 aliphatic heterocycles. The van der Waals surface area contributed by atoms with E-state index in [2.05, 4.69) is 22.4 Å². The standard InChI is InChI=1S/C16H25N3O/c1-19(2)15(17-12-14-8-4-3-5-9-14)18-13-16(20)10-6-7-11-16/h3-5,8-9,20H,6-7,10-13H2,1-2H3,(H,17,18). The van der Waals surface area contributed by atoms with Crippen LogP contribution in [0.5, 0.6) is 0 Å². The highest BCUT2D eigenvalue weighted by Gasteiger charge is 2.31. The first kappa shape index (κ1) is 14.9. The molecule has 0 heterocycles. The second kappa shape index (κ2) is 6.75. The molecule has 0 unspecified atom stereocenters. The van der Waals surface area contributed by atoms with Crippen molar-refractivity contribution >= 4 is 5.96 Å².